The van der Waals surface area contributed by atoms with Gasteiger partial charge in [0.1, 0.15) is 5.52 Å². The van der Waals surface area contributed by atoms with E-state index >= 15 is 0 Å². The number of benzene rings is 1. The van der Waals surface area contributed by atoms with Crippen LogP contribution in [-0.2, 0) is 0 Å². The van der Waals surface area contributed by atoms with Crippen molar-refractivity contribution in [1.29, 1.82) is 0 Å². The standard InChI is InChI=1S/C17H21NOS/c1-2-3-4-5-6-7-8-11-14-20-17-18-15-12-9-10-13-16(15)19-17/h9-10,12-13H,2-8H2,1H3. The first-order valence-corrected chi connectivity index (χ1v) is 8.22. The maximum absolute atomic E-state index is 5.59. The van der Waals surface area contributed by atoms with Gasteiger partial charge in [-0.3, -0.25) is 0 Å². The van der Waals surface area contributed by atoms with Gasteiger partial charge in [-0.15, -0.1) is 0 Å². The van der Waals surface area contributed by atoms with E-state index in [-0.39, 0.29) is 0 Å². The Morgan fingerprint density at radius 2 is 1.90 bits per heavy atom. The Labute approximate surface area is 125 Å². The van der Waals surface area contributed by atoms with Crippen molar-refractivity contribution in [2.45, 2.75) is 57.1 Å². The molecule has 3 heteroatoms. The van der Waals surface area contributed by atoms with Crippen LogP contribution < -0.4 is 0 Å². The lowest BCUT2D eigenvalue weighted by molar-refractivity contribution is 0.491. The van der Waals surface area contributed by atoms with E-state index in [4.69, 9.17) is 4.42 Å². The molecule has 1 aromatic heterocycles. The number of hydrogen-bond donors (Lipinski definition) is 0. The Bertz CT molecular complexity index is 546. The molecule has 2 aromatic rings. The number of rotatable bonds is 7. The topological polar surface area (TPSA) is 26.0 Å². The molecule has 1 aromatic carbocycles. The van der Waals surface area contributed by atoms with Crippen LogP contribution in [0.2, 0.25) is 0 Å². The van der Waals surface area contributed by atoms with E-state index in [0.717, 1.165) is 17.5 Å². The first-order chi connectivity index (χ1) is 9.90. The van der Waals surface area contributed by atoms with Gasteiger partial charge < -0.3 is 4.42 Å². The van der Waals surface area contributed by atoms with E-state index in [1.165, 1.54) is 50.3 Å². The van der Waals surface area contributed by atoms with Gasteiger partial charge in [0, 0.05) is 18.2 Å². The minimum absolute atomic E-state index is 0.640. The molecule has 0 radical (unpaired) electrons. The van der Waals surface area contributed by atoms with Gasteiger partial charge in [0.2, 0.25) is 0 Å². The van der Waals surface area contributed by atoms with Crippen molar-refractivity contribution in [1.82, 2.24) is 4.98 Å². The van der Waals surface area contributed by atoms with Crippen molar-refractivity contribution >= 4 is 22.9 Å². The summed E-state index contributed by atoms with van der Waals surface area (Å²) < 4.78 is 5.59. The summed E-state index contributed by atoms with van der Waals surface area (Å²) in [4.78, 5) is 4.37. The summed E-state index contributed by atoms with van der Waals surface area (Å²) in [6.07, 6.45) is 8.84. The molecule has 2 nitrogen and oxygen atoms in total. The highest BCUT2D eigenvalue weighted by atomic mass is 32.2. The molecule has 0 aliphatic carbocycles. The zero-order valence-electron chi connectivity index (χ0n) is 12.0. The SMILES string of the molecule is CCCCCCCCC#CSc1nc2ccccc2o1. The lowest BCUT2D eigenvalue weighted by atomic mass is 10.1. The first-order valence-electron chi connectivity index (χ1n) is 7.40. The maximum atomic E-state index is 5.59. The lowest BCUT2D eigenvalue weighted by Crippen LogP contribution is -1.77. The van der Waals surface area contributed by atoms with E-state index in [9.17, 15) is 0 Å². The van der Waals surface area contributed by atoms with Crippen LogP contribution >= 0.6 is 11.8 Å². The Kier molecular flexibility index (Phi) is 6.53. The van der Waals surface area contributed by atoms with Gasteiger partial charge in [-0.05, 0) is 23.8 Å². The van der Waals surface area contributed by atoms with Crippen LogP contribution in [0.3, 0.4) is 0 Å². The van der Waals surface area contributed by atoms with Crippen LogP contribution in [0.4, 0.5) is 0 Å². The Morgan fingerprint density at radius 3 is 2.75 bits per heavy atom. The van der Waals surface area contributed by atoms with Gasteiger partial charge >= 0.3 is 0 Å². The molecule has 0 spiro atoms. The molecular formula is C17H21NOS. The molecule has 0 atom stereocenters. The number of para-hydroxylation sites is 2. The van der Waals surface area contributed by atoms with Crippen molar-refractivity contribution in [3.63, 3.8) is 0 Å². The fourth-order valence-corrected chi connectivity index (χ4v) is 2.56. The molecule has 0 fully saturated rings. The fourth-order valence-electron chi connectivity index (χ4n) is 2.02. The highest BCUT2D eigenvalue weighted by Crippen LogP contribution is 2.22. The van der Waals surface area contributed by atoms with Gasteiger partial charge in [0.15, 0.2) is 5.58 Å². The second kappa shape index (κ2) is 8.71. The predicted octanol–water partition coefficient (Wildman–Crippen LogP) is 5.63. The van der Waals surface area contributed by atoms with Crippen LogP contribution in [-0.4, -0.2) is 4.98 Å². The average molecular weight is 287 g/mol. The van der Waals surface area contributed by atoms with Crippen molar-refractivity contribution in [3.8, 4) is 11.2 Å². The van der Waals surface area contributed by atoms with E-state index in [1.807, 2.05) is 24.3 Å². The van der Waals surface area contributed by atoms with Crippen LogP contribution in [0.25, 0.3) is 11.1 Å². The zero-order chi connectivity index (χ0) is 14.0. The summed E-state index contributed by atoms with van der Waals surface area (Å²) in [6, 6.07) is 7.79. The molecule has 0 aliphatic rings. The predicted molar refractivity (Wildman–Crippen MR) is 85.6 cm³/mol. The number of fused-ring (bicyclic) bond motifs is 1. The Hall–Kier alpha value is -1.40. The third-order valence-electron chi connectivity index (χ3n) is 3.14. The molecule has 0 N–H and O–H groups in total. The summed E-state index contributed by atoms with van der Waals surface area (Å²) in [5, 5.41) is 3.72. The molecule has 0 amide bonds. The van der Waals surface area contributed by atoms with Gasteiger partial charge in [-0.25, -0.2) is 4.98 Å². The smallest absolute Gasteiger partial charge is 0.269 e. The monoisotopic (exact) mass is 287 g/mol. The molecule has 20 heavy (non-hydrogen) atoms. The van der Waals surface area contributed by atoms with Gasteiger partial charge in [0.05, 0.1) is 0 Å². The zero-order valence-corrected chi connectivity index (χ0v) is 12.8. The summed E-state index contributed by atoms with van der Waals surface area (Å²) in [5.74, 6) is 3.18. The number of hydrogen-bond acceptors (Lipinski definition) is 3. The van der Waals surface area contributed by atoms with Crippen LogP contribution in [0.1, 0.15) is 51.9 Å². The number of unbranched alkanes of at least 4 members (excludes halogenated alkanes) is 6. The van der Waals surface area contributed by atoms with E-state index in [2.05, 4.69) is 23.1 Å². The van der Waals surface area contributed by atoms with E-state index in [1.54, 1.807) is 0 Å². The van der Waals surface area contributed by atoms with Crippen molar-refractivity contribution < 1.29 is 4.42 Å². The highest BCUT2D eigenvalue weighted by molar-refractivity contribution is 8.03. The van der Waals surface area contributed by atoms with Crippen LogP contribution in [0, 0.1) is 11.2 Å². The van der Waals surface area contributed by atoms with E-state index in [0.29, 0.717) is 5.22 Å². The summed E-state index contributed by atoms with van der Waals surface area (Å²) in [7, 11) is 0. The van der Waals surface area contributed by atoms with Crippen molar-refractivity contribution in [2.75, 3.05) is 0 Å². The summed E-state index contributed by atoms with van der Waals surface area (Å²) in [5.41, 5.74) is 1.72. The lowest BCUT2D eigenvalue weighted by Gasteiger charge is -1.96. The number of aromatic nitrogens is 1. The van der Waals surface area contributed by atoms with Crippen molar-refractivity contribution in [2.24, 2.45) is 0 Å². The molecule has 106 valence electrons. The molecule has 0 unspecified atom stereocenters. The number of nitrogens with zero attached hydrogens (tertiary/aromatic N) is 1. The van der Waals surface area contributed by atoms with E-state index < -0.39 is 0 Å². The third-order valence-corrected chi connectivity index (χ3v) is 3.74. The largest absolute Gasteiger partial charge is 0.431 e. The quantitative estimate of drug-likeness (QED) is 0.375. The molecule has 0 bridgehead atoms. The van der Waals surface area contributed by atoms with Gasteiger partial charge in [0.25, 0.3) is 5.22 Å². The third kappa shape index (κ3) is 4.94. The molecule has 2 rings (SSSR count). The molecule has 0 saturated heterocycles. The fraction of sp³-hybridized carbons (Fsp3) is 0.471. The minimum Gasteiger partial charge on any atom is -0.431 e. The highest BCUT2D eigenvalue weighted by Gasteiger charge is 2.03. The maximum Gasteiger partial charge on any atom is 0.269 e. The Balaban J connectivity index is 1.66. The molecule has 0 saturated carbocycles. The number of thioether (sulfide) groups is 1. The summed E-state index contributed by atoms with van der Waals surface area (Å²) in [6.45, 7) is 2.24. The first kappa shape index (κ1) is 15.0. The molecule has 0 aliphatic heterocycles. The second-order valence-corrected chi connectivity index (χ2v) is 5.60. The average Bonchev–Trinajstić information content (AvgIpc) is 2.88. The second-order valence-electron chi connectivity index (χ2n) is 4.85. The normalized spacial score (nSPS) is 10.4. The number of oxazole rings is 1. The van der Waals surface area contributed by atoms with Gasteiger partial charge in [-0.1, -0.05) is 57.1 Å². The molecule has 1 heterocycles. The van der Waals surface area contributed by atoms with Crippen LogP contribution in [0.15, 0.2) is 33.9 Å². The summed E-state index contributed by atoms with van der Waals surface area (Å²) >= 11 is 1.38. The Morgan fingerprint density at radius 1 is 1.10 bits per heavy atom. The van der Waals surface area contributed by atoms with Crippen LogP contribution in [0.5, 0.6) is 0 Å². The van der Waals surface area contributed by atoms with Crippen molar-refractivity contribution in [3.05, 3.63) is 24.3 Å². The minimum atomic E-state index is 0.640. The molecular weight excluding hydrogens is 266 g/mol. The van der Waals surface area contributed by atoms with Gasteiger partial charge in [-0.2, -0.15) is 0 Å².